The molecular weight excluding hydrogens is 264 g/mol. The fraction of sp³-hybridized carbons (Fsp3) is 0.750. The number of rotatable bonds is 3. The predicted octanol–water partition coefficient (Wildman–Crippen LogP) is 2.16. The van der Waals surface area contributed by atoms with Crippen LogP contribution in [0.3, 0.4) is 0 Å². The van der Waals surface area contributed by atoms with Gasteiger partial charge in [0.25, 0.3) is 5.91 Å². The van der Waals surface area contributed by atoms with E-state index in [1.807, 2.05) is 15.8 Å². The highest BCUT2D eigenvalue weighted by molar-refractivity contribution is 5.94. The Labute approximate surface area is 126 Å². The Hall–Kier alpha value is -1.36. The minimum Gasteiger partial charge on any atom is -0.335 e. The van der Waals surface area contributed by atoms with Gasteiger partial charge in [-0.2, -0.15) is 5.10 Å². The zero-order chi connectivity index (χ0) is 15.0. The van der Waals surface area contributed by atoms with Crippen molar-refractivity contribution in [2.75, 3.05) is 19.6 Å². The number of hydrogen-bond acceptors (Lipinski definition) is 3. The van der Waals surface area contributed by atoms with Crippen molar-refractivity contribution in [3.8, 4) is 0 Å². The Bertz CT molecular complexity index is 504. The molecule has 2 fully saturated rings. The van der Waals surface area contributed by atoms with Crippen LogP contribution >= 0.6 is 0 Å². The van der Waals surface area contributed by atoms with E-state index < -0.39 is 0 Å². The maximum absolute atomic E-state index is 12.4. The quantitative estimate of drug-likeness (QED) is 0.856. The summed E-state index contributed by atoms with van der Waals surface area (Å²) in [6.07, 6.45) is 7.51. The van der Waals surface area contributed by atoms with Crippen LogP contribution in [0.1, 0.15) is 56.4 Å². The minimum atomic E-state index is 0.128. The molecule has 2 aliphatic heterocycles. The van der Waals surface area contributed by atoms with E-state index >= 15 is 0 Å². The molecule has 1 aromatic rings. The molecule has 2 saturated heterocycles. The van der Waals surface area contributed by atoms with Crippen LogP contribution in [-0.2, 0) is 0 Å². The highest BCUT2D eigenvalue weighted by Gasteiger charge is 2.37. The van der Waals surface area contributed by atoms with Gasteiger partial charge in [0, 0.05) is 37.4 Å². The average Bonchev–Trinajstić information content (AvgIpc) is 2.89. The van der Waals surface area contributed by atoms with Crippen molar-refractivity contribution in [1.82, 2.24) is 19.6 Å². The highest BCUT2D eigenvalue weighted by Crippen LogP contribution is 2.25. The number of hydrogen-bond donors (Lipinski definition) is 0. The summed E-state index contributed by atoms with van der Waals surface area (Å²) >= 11 is 0. The molecule has 0 spiro atoms. The Morgan fingerprint density at radius 3 is 2.71 bits per heavy atom. The monoisotopic (exact) mass is 290 g/mol. The number of piperidine rings is 1. The largest absolute Gasteiger partial charge is 0.335 e. The first-order chi connectivity index (χ1) is 10.1. The Morgan fingerprint density at radius 2 is 2.10 bits per heavy atom. The molecule has 0 aromatic carbocycles. The lowest BCUT2D eigenvalue weighted by Gasteiger charge is -2.49. The molecule has 2 aliphatic rings. The van der Waals surface area contributed by atoms with Gasteiger partial charge in [-0.25, -0.2) is 0 Å². The summed E-state index contributed by atoms with van der Waals surface area (Å²) in [6, 6.07) is 1.53. The standard InChI is InChI=1S/C16H26N4O/c1-12(2)20-9-14(8-17-20)16(21)18-10-15(11-18)19-7-5-4-6-13(19)3/h8-9,12-13,15H,4-7,10-11H2,1-3H3/t13-/m0/s1. The van der Waals surface area contributed by atoms with Crippen LogP contribution in [0.15, 0.2) is 12.4 Å². The molecule has 0 bridgehead atoms. The van der Waals surface area contributed by atoms with Crippen LogP contribution < -0.4 is 0 Å². The number of carbonyl (C=O) groups excluding carboxylic acids is 1. The first-order valence-corrected chi connectivity index (χ1v) is 8.15. The SMILES string of the molecule is CC(C)n1cc(C(=O)N2CC(N3CCCC[C@@H]3C)C2)cn1. The summed E-state index contributed by atoms with van der Waals surface area (Å²) < 4.78 is 1.84. The minimum absolute atomic E-state index is 0.128. The zero-order valence-corrected chi connectivity index (χ0v) is 13.3. The molecule has 0 unspecified atom stereocenters. The number of amides is 1. The molecule has 0 N–H and O–H groups in total. The first-order valence-electron chi connectivity index (χ1n) is 8.15. The molecule has 3 rings (SSSR count). The maximum Gasteiger partial charge on any atom is 0.257 e. The van der Waals surface area contributed by atoms with Crippen molar-refractivity contribution in [3.63, 3.8) is 0 Å². The summed E-state index contributed by atoms with van der Waals surface area (Å²) in [5.41, 5.74) is 0.717. The number of likely N-dealkylation sites (tertiary alicyclic amines) is 2. The van der Waals surface area contributed by atoms with E-state index in [0.717, 1.165) is 13.1 Å². The predicted molar refractivity (Wildman–Crippen MR) is 82.3 cm³/mol. The van der Waals surface area contributed by atoms with Gasteiger partial charge in [0.15, 0.2) is 0 Å². The van der Waals surface area contributed by atoms with Gasteiger partial charge in [-0.3, -0.25) is 14.4 Å². The molecule has 0 saturated carbocycles. The number of nitrogens with zero attached hydrogens (tertiary/aromatic N) is 4. The topological polar surface area (TPSA) is 41.4 Å². The normalized spacial score (nSPS) is 24.4. The average molecular weight is 290 g/mol. The summed E-state index contributed by atoms with van der Waals surface area (Å²) in [5.74, 6) is 0.128. The van der Waals surface area contributed by atoms with Crippen molar-refractivity contribution in [2.24, 2.45) is 0 Å². The second-order valence-corrected chi connectivity index (χ2v) is 6.75. The molecular formula is C16H26N4O. The maximum atomic E-state index is 12.4. The molecule has 116 valence electrons. The van der Waals surface area contributed by atoms with Crippen LogP contribution in [-0.4, -0.2) is 57.2 Å². The second kappa shape index (κ2) is 5.79. The van der Waals surface area contributed by atoms with Crippen molar-refractivity contribution in [1.29, 1.82) is 0 Å². The Kier molecular flexibility index (Phi) is 4.02. The second-order valence-electron chi connectivity index (χ2n) is 6.75. The summed E-state index contributed by atoms with van der Waals surface area (Å²) in [6.45, 7) is 9.39. The smallest absolute Gasteiger partial charge is 0.257 e. The highest BCUT2D eigenvalue weighted by atomic mass is 16.2. The molecule has 5 nitrogen and oxygen atoms in total. The van der Waals surface area contributed by atoms with E-state index in [9.17, 15) is 4.79 Å². The molecule has 1 atom stereocenters. The van der Waals surface area contributed by atoms with E-state index in [1.54, 1.807) is 6.20 Å². The fourth-order valence-electron chi connectivity index (χ4n) is 3.41. The van der Waals surface area contributed by atoms with Crippen LogP contribution in [0.2, 0.25) is 0 Å². The van der Waals surface area contributed by atoms with E-state index in [0.29, 0.717) is 23.7 Å². The van der Waals surface area contributed by atoms with Crippen LogP contribution in [0, 0.1) is 0 Å². The third kappa shape index (κ3) is 2.84. The van der Waals surface area contributed by atoms with E-state index in [2.05, 4.69) is 30.8 Å². The zero-order valence-electron chi connectivity index (χ0n) is 13.3. The Balaban J connectivity index is 1.56. The van der Waals surface area contributed by atoms with Gasteiger partial charge in [0.05, 0.1) is 11.8 Å². The van der Waals surface area contributed by atoms with Gasteiger partial charge in [-0.05, 0) is 40.2 Å². The third-order valence-electron chi connectivity index (χ3n) is 4.85. The van der Waals surface area contributed by atoms with E-state index in [4.69, 9.17) is 0 Å². The van der Waals surface area contributed by atoms with Crippen molar-refractivity contribution >= 4 is 5.91 Å². The number of aromatic nitrogens is 2. The van der Waals surface area contributed by atoms with E-state index in [1.165, 1.54) is 25.8 Å². The van der Waals surface area contributed by atoms with Gasteiger partial charge in [-0.1, -0.05) is 6.42 Å². The molecule has 21 heavy (non-hydrogen) atoms. The summed E-state index contributed by atoms with van der Waals surface area (Å²) in [7, 11) is 0. The molecule has 5 heteroatoms. The molecule has 0 aliphatic carbocycles. The lowest BCUT2D eigenvalue weighted by molar-refractivity contribution is 0.00212. The summed E-state index contributed by atoms with van der Waals surface area (Å²) in [5, 5.41) is 4.26. The lowest BCUT2D eigenvalue weighted by Crippen LogP contribution is -2.63. The fourth-order valence-corrected chi connectivity index (χ4v) is 3.41. The van der Waals surface area contributed by atoms with Gasteiger partial charge in [0.2, 0.25) is 0 Å². The van der Waals surface area contributed by atoms with Crippen LogP contribution in [0.25, 0.3) is 0 Å². The van der Waals surface area contributed by atoms with Crippen LogP contribution in [0.4, 0.5) is 0 Å². The van der Waals surface area contributed by atoms with Gasteiger partial charge >= 0.3 is 0 Å². The summed E-state index contributed by atoms with van der Waals surface area (Å²) in [4.78, 5) is 17.0. The van der Waals surface area contributed by atoms with Gasteiger partial charge in [0.1, 0.15) is 0 Å². The van der Waals surface area contributed by atoms with Crippen molar-refractivity contribution in [3.05, 3.63) is 18.0 Å². The van der Waals surface area contributed by atoms with Crippen molar-refractivity contribution < 1.29 is 4.79 Å². The first kappa shape index (κ1) is 14.6. The van der Waals surface area contributed by atoms with E-state index in [-0.39, 0.29) is 5.91 Å². The molecule has 1 amide bonds. The molecule has 1 aromatic heterocycles. The molecule has 0 radical (unpaired) electrons. The molecule has 3 heterocycles. The van der Waals surface area contributed by atoms with Gasteiger partial charge < -0.3 is 4.90 Å². The number of carbonyl (C=O) groups is 1. The van der Waals surface area contributed by atoms with Gasteiger partial charge in [-0.15, -0.1) is 0 Å². The lowest BCUT2D eigenvalue weighted by atomic mass is 9.97. The van der Waals surface area contributed by atoms with Crippen molar-refractivity contribution in [2.45, 2.75) is 58.2 Å². The van der Waals surface area contributed by atoms with Crippen LogP contribution in [0.5, 0.6) is 0 Å². The third-order valence-corrected chi connectivity index (χ3v) is 4.85. The Morgan fingerprint density at radius 1 is 1.33 bits per heavy atom.